The van der Waals surface area contributed by atoms with Crippen LogP contribution in [0.3, 0.4) is 0 Å². The molecule has 0 spiro atoms. The fourth-order valence-corrected chi connectivity index (χ4v) is 2.23. The van der Waals surface area contributed by atoms with Crippen molar-refractivity contribution in [3.8, 4) is 0 Å². The third kappa shape index (κ3) is 6.26. The van der Waals surface area contributed by atoms with Gasteiger partial charge in [0, 0.05) is 23.8 Å². The van der Waals surface area contributed by atoms with Crippen LogP contribution in [-0.4, -0.2) is 41.9 Å². The van der Waals surface area contributed by atoms with E-state index in [1.165, 1.54) is 14.0 Å². The van der Waals surface area contributed by atoms with Gasteiger partial charge in [-0.1, -0.05) is 15.9 Å². The number of carbonyl (C=O) groups excluding carboxylic acids is 2. The molecule has 6 heteroatoms. The summed E-state index contributed by atoms with van der Waals surface area (Å²) in [5.41, 5.74) is 0. The normalized spacial score (nSPS) is 11.9. The Kier molecular flexibility index (Phi) is 7.98. The van der Waals surface area contributed by atoms with Crippen LogP contribution in [0.25, 0.3) is 0 Å². The number of halogens is 1. The molecule has 0 saturated heterocycles. The molecule has 4 nitrogen and oxygen atoms in total. The lowest BCUT2D eigenvalue weighted by Crippen LogP contribution is -2.42. The number of nitrogens with one attached hydrogen (secondary N) is 1. The van der Waals surface area contributed by atoms with E-state index in [0.29, 0.717) is 5.75 Å². The molecule has 0 aromatic rings. The zero-order valence-electron chi connectivity index (χ0n) is 8.21. The maximum absolute atomic E-state index is 11.2. The van der Waals surface area contributed by atoms with E-state index >= 15 is 0 Å². The molecular formula is C8H14BrNO3S. The predicted molar refractivity (Wildman–Crippen MR) is 60.7 cm³/mol. The van der Waals surface area contributed by atoms with Crippen LogP contribution in [0.4, 0.5) is 0 Å². The molecule has 0 radical (unpaired) electrons. The number of thioether (sulfide) groups is 1. The third-order valence-corrected chi connectivity index (χ3v) is 3.35. The van der Waals surface area contributed by atoms with Gasteiger partial charge in [0.05, 0.1) is 7.11 Å². The molecule has 0 fully saturated rings. The summed E-state index contributed by atoms with van der Waals surface area (Å²) in [7, 11) is 1.31. The van der Waals surface area contributed by atoms with Gasteiger partial charge in [0.25, 0.3) is 0 Å². The lowest BCUT2D eigenvalue weighted by molar-refractivity contribution is -0.144. The van der Waals surface area contributed by atoms with Crippen LogP contribution in [0.1, 0.15) is 6.92 Å². The molecule has 0 heterocycles. The fourth-order valence-electron chi connectivity index (χ4n) is 0.812. The van der Waals surface area contributed by atoms with Crippen molar-refractivity contribution < 1.29 is 14.3 Å². The van der Waals surface area contributed by atoms with E-state index in [2.05, 4.69) is 26.0 Å². The summed E-state index contributed by atoms with van der Waals surface area (Å²) in [6.07, 6.45) is 0. The zero-order valence-corrected chi connectivity index (χ0v) is 10.6. The van der Waals surface area contributed by atoms with Crippen LogP contribution in [0.5, 0.6) is 0 Å². The molecular weight excluding hydrogens is 270 g/mol. The molecule has 14 heavy (non-hydrogen) atoms. The van der Waals surface area contributed by atoms with Gasteiger partial charge in [-0.15, -0.1) is 0 Å². The average Bonchev–Trinajstić information content (AvgIpc) is 2.15. The Morgan fingerprint density at radius 3 is 2.64 bits per heavy atom. The van der Waals surface area contributed by atoms with Crippen LogP contribution in [0.2, 0.25) is 0 Å². The van der Waals surface area contributed by atoms with E-state index in [-0.39, 0.29) is 5.91 Å². The minimum atomic E-state index is -0.540. The maximum Gasteiger partial charge on any atom is 0.329 e. The lowest BCUT2D eigenvalue weighted by atomic mass is 10.3. The summed E-state index contributed by atoms with van der Waals surface area (Å²) in [5.74, 6) is 0.812. The molecule has 0 unspecified atom stereocenters. The van der Waals surface area contributed by atoms with Crippen molar-refractivity contribution in [3.63, 3.8) is 0 Å². The van der Waals surface area contributed by atoms with E-state index in [1.54, 1.807) is 11.8 Å². The highest BCUT2D eigenvalue weighted by Gasteiger charge is 2.19. The molecule has 1 atom stereocenters. The smallest absolute Gasteiger partial charge is 0.329 e. The molecule has 0 aliphatic rings. The first-order valence-corrected chi connectivity index (χ1v) is 6.38. The Morgan fingerprint density at radius 1 is 1.57 bits per heavy atom. The Labute approximate surface area is 96.3 Å². The van der Waals surface area contributed by atoms with Crippen molar-refractivity contribution in [3.05, 3.63) is 0 Å². The number of carbonyl (C=O) groups is 2. The van der Waals surface area contributed by atoms with Crippen molar-refractivity contribution in [1.29, 1.82) is 0 Å². The average molecular weight is 284 g/mol. The first-order valence-electron chi connectivity index (χ1n) is 4.10. The Balaban J connectivity index is 3.97. The Hall–Kier alpha value is -0.230. The summed E-state index contributed by atoms with van der Waals surface area (Å²) in [6, 6.07) is -0.540. The second kappa shape index (κ2) is 8.11. The van der Waals surface area contributed by atoms with Gasteiger partial charge in [0.15, 0.2) is 0 Å². The van der Waals surface area contributed by atoms with Gasteiger partial charge in [-0.25, -0.2) is 4.79 Å². The van der Waals surface area contributed by atoms with Crippen LogP contribution in [0.15, 0.2) is 0 Å². The van der Waals surface area contributed by atoms with Crippen molar-refractivity contribution in [2.24, 2.45) is 0 Å². The van der Waals surface area contributed by atoms with Gasteiger partial charge >= 0.3 is 5.97 Å². The van der Waals surface area contributed by atoms with Gasteiger partial charge < -0.3 is 10.1 Å². The minimum absolute atomic E-state index is 0.222. The molecule has 0 aromatic carbocycles. The van der Waals surface area contributed by atoms with Crippen LogP contribution < -0.4 is 5.32 Å². The van der Waals surface area contributed by atoms with E-state index < -0.39 is 12.0 Å². The standard InChI is InChI=1S/C8H14BrNO3S/c1-6(11)10-7(8(12)13-2)5-14-4-3-9/h7H,3-5H2,1-2H3,(H,10,11)/t7-/m0/s1. The molecule has 82 valence electrons. The topological polar surface area (TPSA) is 55.4 Å². The fraction of sp³-hybridized carbons (Fsp3) is 0.750. The lowest BCUT2D eigenvalue weighted by Gasteiger charge is -2.14. The zero-order chi connectivity index (χ0) is 11.0. The van der Waals surface area contributed by atoms with E-state index in [4.69, 9.17) is 0 Å². The van der Waals surface area contributed by atoms with Gasteiger partial charge in [-0.2, -0.15) is 11.8 Å². The second-order valence-corrected chi connectivity index (χ2v) is 4.48. The Morgan fingerprint density at radius 2 is 2.21 bits per heavy atom. The van der Waals surface area contributed by atoms with Gasteiger partial charge in [0.2, 0.25) is 5.91 Å². The number of hydrogen-bond acceptors (Lipinski definition) is 4. The first-order chi connectivity index (χ1) is 6.61. The molecule has 0 saturated carbocycles. The number of amides is 1. The highest BCUT2D eigenvalue weighted by atomic mass is 79.9. The number of hydrogen-bond donors (Lipinski definition) is 1. The van der Waals surface area contributed by atoms with E-state index in [0.717, 1.165) is 11.1 Å². The first kappa shape index (κ1) is 13.8. The number of alkyl halides is 1. The van der Waals surface area contributed by atoms with Crippen LogP contribution in [-0.2, 0) is 14.3 Å². The summed E-state index contributed by atoms with van der Waals surface area (Å²) in [6.45, 7) is 1.38. The molecule has 1 amide bonds. The molecule has 0 rings (SSSR count). The van der Waals surface area contributed by atoms with Gasteiger partial charge in [0.1, 0.15) is 6.04 Å². The quantitative estimate of drug-likeness (QED) is 0.445. The van der Waals surface area contributed by atoms with Crippen molar-refractivity contribution in [1.82, 2.24) is 5.32 Å². The molecule has 0 aliphatic heterocycles. The summed E-state index contributed by atoms with van der Waals surface area (Å²) >= 11 is 4.86. The number of methoxy groups -OCH3 is 1. The third-order valence-electron chi connectivity index (χ3n) is 1.37. The summed E-state index contributed by atoms with van der Waals surface area (Å²) in [4.78, 5) is 21.9. The second-order valence-electron chi connectivity index (χ2n) is 2.54. The summed E-state index contributed by atoms with van der Waals surface area (Å²) in [5, 5.41) is 3.41. The Bertz CT molecular complexity index is 201. The molecule has 1 N–H and O–H groups in total. The summed E-state index contributed by atoms with van der Waals surface area (Å²) < 4.78 is 4.57. The number of rotatable bonds is 6. The van der Waals surface area contributed by atoms with Crippen LogP contribution >= 0.6 is 27.7 Å². The minimum Gasteiger partial charge on any atom is -0.467 e. The van der Waals surface area contributed by atoms with E-state index in [9.17, 15) is 9.59 Å². The highest BCUT2D eigenvalue weighted by Crippen LogP contribution is 2.05. The maximum atomic E-state index is 11.2. The molecule has 0 aliphatic carbocycles. The number of ether oxygens (including phenoxy) is 1. The van der Waals surface area contributed by atoms with Gasteiger partial charge in [-0.3, -0.25) is 4.79 Å². The monoisotopic (exact) mass is 283 g/mol. The van der Waals surface area contributed by atoms with Crippen molar-refractivity contribution in [2.45, 2.75) is 13.0 Å². The highest BCUT2D eigenvalue weighted by molar-refractivity contribution is 9.09. The van der Waals surface area contributed by atoms with Crippen molar-refractivity contribution in [2.75, 3.05) is 23.9 Å². The number of esters is 1. The van der Waals surface area contributed by atoms with Gasteiger partial charge in [-0.05, 0) is 0 Å². The van der Waals surface area contributed by atoms with Crippen LogP contribution in [0, 0.1) is 0 Å². The SMILES string of the molecule is COC(=O)[C@H](CSCCBr)NC(C)=O. The predicted octanol–water partition coefficient (Wildman–Crippen LogP) is 0.792. The van der Waals surface area contributed by atoms with Crippen molar-refractivity contribution >= 4 is 39.6 Å². The largest absolute Gasteiger partial charge is 0.467 e. The molecule has 0 bridgehead atoms. The van der Waals surface area contributed by atoms with E-state index in [1.807, 2.05) is 0 Å². The molecule has 0 aromatic heterocycles.